The Hall–Kier alpha value is -1.26. The highest BCUT2D eigenvalue weighted by Crippen LogP contribution is 2.29. The smallest absolute Gasteiger partial charge is 0.257 e. The summed E-state index contributed by atoms with van der Waals surface area (Å²) in [6, 6.07) is 4.89. The van der Waals surface area contributed by atoms with Crippen molar-refractivity contribution in [1.29, 1.82) is 0 Å². The fourth-order valence-corrected chi connectivity index (χ4v) is 2.65. The number of benzene rings is 1. The van der Waals surface area contributed by atoms with Crippen LogP contribution >= 0.6 is 23.2 Å². The molecule has 0 atom stereocenters. The first-order valence-corrected chi connectivity index (χ1v) is 6.65. The van der Waals surface area contributed by atoms with Gasteiger partial charge in [0, 0.05) is 13.1 Å². The van der Waals surface area contributed by atoms with Gasteiger partial charge in [0.25, 0.3) is 5.91 Å². The SMILES string of the molecule is CC1(C)C(=O)NCCN1C(=O)c1c(Cl)cccc1Cl. The predicted octanol–water partition coefficient (Wildman–Crippen LogP) is 2.34. The fourth-order valence-electron chi connectivity index (χ4n) is 2.09. The third-order valence-electron chi connectivity index (χ3n) is 3.27. The molecule has 6 heteroatoms. The Bertz CT molecular complexity index is 523. The highest BCUT2D eigenvalue weighted by Gasteiger charge is 2.41. The standard InChI is InChI=1S/C13H14Cl2N2O2/c1-13(2)12(19)16-6-7-17(13)11(18)10-8(14)4-3-5-9(10)15/h3-5H,6-7H2,1-2H3,(H,16,19). The Morgan fingerprint density at radius 2 is 1.89 bits per heavy atom. The van der Waals surface area contributed by atoms with E-state index in [1.165, 1.54) is 4.90 Å². The lowest BCUT2D eigenvalue weighted by molar-refractivity contribution is -0.133. The predicted molar refractivity (Wildman–Crippen MR) is 74.6 cm³/mol. The number of carbonyl (C=O) groups is 2. The zero-order valence-corrected chi connectivity index (χ0v) is 12.2. The van der Waals surface area contributed by atoms with Crippen LogP contribution in [0.3, 0.4) is 0 Å². The lowest BCUT2D eigenvalue weighted by Crippen LogP contribution is -2.63. The number of hydrogen-bond donors (Lipinski definition) is 1. The molecule has 1 fully saturated rings. The van der Waals surface area contributed by atoms with Gasteiger partial charge >= 0.3 is 0 Å². The van der Waals surface area contributed by atoms with Gasteiger partial charge in [0.1, 0.15) is 5.54 Å². The van der Waals surface area contributed by atoms with Crippen LogP contribution in [0.4, 0.5) is 0 Å². The van der Waals surface area contributed by atoms with Crippen LogP contribution < -0.4 is 5.32 Å². The molecule has 0 bridgehead atoms. The highest BCUT2D eigenvalue weighted by atomic mass is 35.5. The molecule has 1 aromatic rings. The van der Waals surface area contributed by atoms with E-state index in [4.69, 9.17) is 23.2 Å². The lowest BCUT2D eigenvalue weighted by atomic mass is 9.97. The van der Waals surface area contributed by atoms with Crippen molar-refractivity contribution in [1.82, 2.24) is 10.2 Å². The van der Waals surface area contributed by atoms with E-state index < -0.39 is 5.54 Å². The van der Waals surface area contributed by atoms with E-state index >= 15 is 0 Å². The zero-order chi connectivity index (χ0) is 14.2. The molecule has 1 aromatic carbocycles. The van der Waals surface area contributed by atoms with Gasteiger partial charge in [-0.05, 0) is 26.0 Å². The summed E-state index contributed by atoms with van der Waals surface area (Å²) in [6.45, 7) is 4.25. The molecular formula is C13H14Cl2N2O2. The van der Waals surface area contributed by atoms with E-state index in [0.29, 0.717) is 23.1 Å². The molecule has 2 amide bonds. The first-order chi connectivity index (χ1) is 8.85. The molecule has 19 heavy (non-hydrogen) atoms. The first-order valence-electron chi connectivity index (χ1n) is 5.90. The number of nitrogens with one attached hydrogen (secondary N) is 1. The molecule has 0 spiro atoms. The molecule has 0 unspecified atom stereocenters. The second-order valence-corrected chi connectivity index (χ2v) is 5.68. The van der Waals surface area contributed by atoms with Gasteiger partial charge in [-0.25, -0.2) is 0 Å². The molecule has 0 aliphatic carbocycles. The van der Waals surface area contributed by atoms with Gasteiger partial charge in [-0.2, -0.15) is 0 Å². The minimum Gasteiger partial charge on any atom is -0.352 e. The van der Waals surface area contributed by atoms with Crippen molar-refractivity contribution in [3.63, 3.8) is 0 Å². The monoisotopic (exact) mass is 300 g/mol. The fraction of sp³-hybridized carbons (Fsp3) is 0.385. The van der Waals surface area contributed by atoms with Crippen LogP contribution in [-0.2, 0) is 4.79 Å². The van der Waals surface area contributed by atoms with E-state index in [0.717, 1.165) is 0 Å². The summed E-state index contributed by atoms with van der Waals surface area (Å²) in [5.41, 5.74) is -0.675. The first kappa shape index (κ1) is 14.2. The van der Waals surface area contributed by atoms with Crippen molar-refractivity contribution in [2.75, 3.05) is 13.1 Å². The number of hydrogen-bond acceptors (Lipinski definition) is 2. The molecule has 2 rings (SSSR count). The Kier molecular flexibility index (Phi) is 3.74. The van der Waals surface area contributed by atoms with Crippen LogP contribution in [0.25, 0.3) is 0 Å². The van der Waals surface area contributed by atoms with E-state index in [1.54, 1.807) is 32.0 Å². The van der Waals surface area contributed by atoms with Crippen molar-refractivity contribution < 1.29 is 9.59 Å². The second kappa shape index (κ2) is 5.02. The van der Waals surface area contributed by atoms with Crippen LogP contribution in [0.15, 0.2) is 18.2 Å². The van der Waals surface area contributed by atoms with Crippen LogP contribution in [-0.4, -0.2) is 35.3 Å². The maximum atomic E-state index is 12.6. The quantitative estimate of drug-likeness (QED) is 0.865. The van der Waals surface area contributed by atoms with Gasteiger partial charge in [0.2, 0.25) is 5.91 Å². The molecule has 4 nitrogen and oxygen atoms in total. The summed E-state index contributed by atoms with van der Waals surface area (Å²) in [4.78, 5) is 25.9. The summed E-state index contributed by atoms with van der Waals surface area (Å²) in [6.07, 6.45) is 0. The van der Waals surface area contributed by atoms with E-state index in [2.05, 4.69) is 5.32 Å². The van der Waals surface area contributed by atoms with Crippen LogP contribution in [0, 0.1) is 0 Å². The summed E-state index contributed by atoms with van der Waals surface area (Å²) in [7, 11) is 0. The van der Waals surface area contributed by atoms with Gasteiger partial charge in [0.15, 0.2) is 0 Å². The number of rotatable bonds is 1. The van der Waals surface area contributed by atoms with Gasteiger partial charge in [-0.1, -0.05) is 29.3 Å². The molecule has 102 valence electrons. The van der Waals surface area contributed by atoms with Crippen LogP contribution in [0.2, 0.25) is 10.0 Å². The van der Waals surface area contributed by atoms with E-state index in [-0.39, 0.29) is 17.4 Å². The largest absolute Gasteiger partial charge is 0.352 e. The van der Waals surface area contributed by atoms with Crippen LogP contribution in [0.1, 0.15) is 24.2 Å². The average Bonchev–Trinajstić information content (AvgIpc) is 2.32. The average molecular weight is 301 g/mol. The summed E-state index contributed by atoms with van der Waals surface area (Å²) >= 11 is 12.1. The minimum atomic E-state index is -0.919. The summed E-state index contributed by atoms with van der Waals surface area (Å²) in [5.74, 6) is -0.509. The molecule has 1 heterocycles. The van der Waals surface area contributed by atoms with Crippen molar-refractivity contribution in [2.45, 2.75) is 19.4 Å². The van der Waals surface area contributed by atoms with Gasteiger partial charge < -0.3 is 10.2 Å². The Morgan fingerprint density at radius 1 is 1.32 bits per heavy atom. The zero-order valence-electron chi connectivity index (χ0n) is 10.7. The van der Waals surface area contributed by atoms with Crippen molar-refractivity contribution in [3.05, 3.63) is 33.8 Å². The Morgan fingerprint density at radius 3 is 2.47 bits per heavy atom. The molecular weight excluding hydrogens is 287 g/mol. The number of amides is 2. The molecule has 1 N–H and O–H groups in total. The maximum absolute atomic E-state index is 12.6. The third kappa shape index (κ3) is 2.42. The molecule has 0 aromatic heterocycles. The molecule has 1 aliphatic rings. The van der Waals surface area contributed by atoms with Crippen molar-refractivity contribution >= 4 is 35.0 Å². The number of halogens is 2. The normalized spacial score (nSPS) is 18.1. The Labute approximate surface area is 121 Å². The van der Waals surface area contributed by atoms with Gasteiger partial charge in [-0.15, -0.1) is 0 Å². The molecule has 0 radical (unpaired) electrons. The highest BCUT2D eigenvalue weighted by molar-refractivity contribution is 6.39. The molecule has 1 saturated heterocycles. The summed E-state index contributed by atoms with van der Waals surface area (Å²) < 4.78 is 0. The Balaban J connectivity index is 2.41. The number of nitrogens with zero attached hydrogens (tertiary/aromatic N) is 1. The maximum Gasteiger partial charge on any atom is 0.257 e. The van der Waals surface area contributed by atoms with E-state index in [1.807, 2.05) is 0 Å². The van der Waals surface area contributed by atoms with Crippen LogP contribution in [0.5, 0.6) is 0 Å². The number of piperazine rings is 1. The number of carbonyl (C=O) groups excluding carboxylic acids is 2. The molecule has 0 saturated carbocycles. The minimum absolute atomic E-state index is 0.185. The van der Waals surface area contributed by atoms with Gasteiger partial charge in [-0.3, -0.25) is 9.59 Å². The lowest BCUT2D eigenvalue weighted by Gasteiger charge is -2.41. The van der Waals surface area contributed by atoms with Crippen molar-refractivity contribution in [2.24, 2.45) is 0 Å². The summed E-state index contributed by atoms with van der Waals surface area (Å²) in [5, 5.41) is 3.32. The molecule has 1 aliphatic heterocycles. The third-order valence-corrected chi connectivity index (χ3v) is 3.90. The second-order valence-electron chi connectivity index (χ2n) is 4.87. The van der Waals surface area contributed by atoms with Gasteiger partial charge in [0.05, 0.1) is 15.6 Å². The van der Waals surface area contributed by atoms with E-state index in [9.17, 15) is 9.59 Å². The topological polar surface area (TPSA) is 49.4 Å². The van der Waals surface area contributed by atoms with Crippen molar-refractivity contribution in [3.8, 4) is 0 Å².